The summed E-state index contributed by atoms with van der Waals surface area (Å²) < 4.78 is 0.684. The van der Waals surface area contributed by atoms with Gasteiger partial charge in [0.15, 0.2) is 0 Å². The van der Waals surface area contributed by atoms with Crippen LogP contribution in [0, 0.1) is 12.3 Å². The van der Waals surface area contributed by atoms with Crippen molar-refractivity contribution in [2.45, 2.75) is 0 Å². The van der Waals surface area contributed by atoms with E-state index in [1.54, 1.807) is 19.3 Å². The molecule has 0 saturated carbocycles. The third kappa shape index (κ3) is 5.65. The fourth-order valence-electron chi connectivity index (χ4n) is 3.75. The molecule has 0 aliphatic carbocycles. The number of aromatic nitrogens is 2. The lowest BCUT2D eigenvalue weighted by Gasteiger charge is -2.35. The second kappa shape index (κ2) is 11.0. The highest BCUT2D eigenvalue weighted by Gasteiger charge is 2.16. The van der Waals surface area contributed by atoms with Crippen LogP contribution in [0.1, 0.15) is 10.4 Å². The van der Waals surface area contributed by atoms with Gasteiger partial charge in [-0.3, -0.25) is 9.69 Å². The maximum Gasteiger partial charge on any atom is 0.253 e. The Balaban J connectivity index is 1.44. The van der Waals surface area contributed by atoms with Crippen LogP contribution in [0.15, 0.2) is 59.2 Å². The summed E-state index contributed by atoms with van der Waals surface area (Å²) in [4.78, 5) is 25.8. The monoisotopic (exact) mass is 519 g/mol. The van der Waals surface area contributed by atoms with Crippen molar-refractivity contribution in [2.75, 3.05) is 55.3 Å². The summed E-state index contributed by atoms with van der Waals surface area (Å²) in [5.74, 6) is 3.53. The van der Waals surface area contributed by atoms with Crippen LogP contribution in [0.4, 0.5) is 28.8 Å². The van der Waals surface area contributed by atoms with Gasteiger partial charge in [-0.1, -0.05) is 18.1 Å². The Labute approximate surface area is 207 Å². The number of nitrogens with zero attached hydrogens (tertiary/aromatic N) is 4. The lowest BCUT2D eigenvalue weighted by molar-refractivity contribution is 0.0964. The summed E-state index contributed by atoms with van der Waals surface area (Å²) in [7, 11) is 1.60. The van der Waals surface area contributed by atoms with Crippen molar-refractivity contribution in [2.24, 2.45) is 0 Å². The maximum atomic E-state index is 12.2. The molecule has 0 spiro atoms. The van der Waals surface area contributed by atoms with E-state index in [0.29, 0.717) is 34.0 Å². The molecule has 1 aliphatic rings. The molecule has 1 fully saturated rings. The number of para-hydroxylation sites is 1. The standard InChI is InChI=1S/C25H26BrN7O/c1-3-12-32-13-15-33(16-14-32)19-10-8-18(9-11-19)29-25-28-17-21(26)23(31-25)30-22-7-5-4-6-20(22)24(34)27-2/h1,4-11,17H,12-16H2,2H3,(H,27,34)(H2,28,29,30,31). The van der Waals surface area contributed by atoms with Crippen molar-refractivity contribution < 1.29 is 4.79 Å². The van der Waals surface area contributed by atoms with Crippen LogP contribution in [-0.4, -0.2) is 60.5 Å². The highest BCUT2D eigenvalue weighted by molar-refractivity contribution is 9.10. The van der Waals surface area contributed by atoms with Crippen molar-refractivity contribution in [1.82, 2.24) is 20.2 Å². The topological polar surface area (TPSA) is 85.4 Å². The predicted octanol–water partition coefficient (Wildman–Crippen LogP) is 3.84. The molecule has 8 nitrogen and oxygen atoms in total. The van der Waals surface area contributed by atoms with Crippen LogP contribution in [-0.2, 0) is 0 Å². The first-order valence-electron chi connectivity index (χ1n) is 11.0. The van der Waals surface area contributed by atoms with Gasteiger partial charge in [0.05, 0.1) is 22.3 Å². The van der Waals surface area contributed by atoms with Gasteiger partial charge in [0.25, 0.3) is 5.91 Å². The van der Waals surface area contributed by atoms with E-state index in [1.807, 2.05) is 30.3 Å². The van der Waals surface area contributed by atoms with Crippen molar-refractivity contribution in [3.8, 4) is 12.3 Å². The molecule has 1 amide bonds. The zero-order valence-corrected chi connectivity index (χ0v) is 20.5. The Morgan fingerprint density at radius 3 is 2.53 bits per heavy atom. The number of piperazine rings is 1. The van der Waals surface area contributed by atoms with Crippen LogP contribution >= 0.6 is 15.9 Å². The normalized spacial score (nSPS) is 13.7. The lowest BCUT2D eigenvalue weighted by atomic mass is 10.1. The molecule has 1 aliphatic heterocycles. The van der Waals surface area contributed by atoms with Crippen LogP contribution < -0.4 is 20.9 Å². The molecule has 0 radical (unpaired) electrons. The molecule has 0 bridgehead atoms. The van der Waals surface area contributed by atoms with Crippen molar-refractivity contribution in [3.05, 3.63) is 64.8 Å². The van der Waals surface area contributed by atoms with E-state index in [4.69, 9.17) is 6.42 Å². The number of nitrogens with one attached hydrogen (secondary N) is 3. The van der Waals surface area contributed by atoms with Gasteiger partial charge in [-0.05, 0) is 52.3 Å². The minimum absolute atomic E-state index is 0.177. The number of rotatable bonds is 7. The molecular formula is C25H26BrN7O. The van der Waals surface area contributed by atoms with Gasteiger partial charge < -0.3 is 20.9 Å². The highest BCUT2D eigenvalue weighted by Crippen LogP contribution is 2.27. The summed E-state index contributed by atoms with van der Waals surface area (Å²) in [6, 6.07) is 15.5. The van der Waals surface area contributed by atoms with E-state index in [0.717, 1.165) is 31.9 Å². The molecule has 9 heteroatoms. The molecule has 2 heterocycles. The Morgan fingerprint density at radius 2 is 1.82 bits per heavy atom. The first kappa shape index (κ1) is 23.5. The second-order valence-corrected chi connectivity index (χ2v) is 8.63. The molecule has 34 heavy (non-hydrogen) atoms. The molecule has 3 aromatic rings. The summed E-state index contributed by atoms with van der Waals surface area (Å²) in [6.07, 6.45) is 7.09. The smallest absolute Gasteiger partial charge is 0.253 e. The zero-order chi connectivity index (χ0) is 23.9. The average Bonchev–Trinajstić information content (AvgIpc) is 2.87. The number of hydrogen-bond acceptors (Lipinski definition) is 7. The summed E-state index contributed by atoms with van der Waals surface area (Å²) >= 11 is 3.48. The van der Waals surface area contributed by atoms with Gasteiger partial charge in [-0.15, -0.1) is 6.42 Å². The van der Waals surface area contributed by atoms with Crippen LogP contribution in [0.3, 0.4) is 0 Å². The molecule has 1 saturated heterocycles. The fraction of sp³-hybridized carbons (Fsp3) is 0.240. The van der Waals surface area contributed by atoms with Gasteiger partial charge >= 0.3 is 0 Å². The van der Waals surface area contributed by atoms with Crippen molar-refractivity contribution in [3.63, 3.8) is 0 Å². The number of carbonyl (C=O) groups excluding carboxylic acids is 1. The maximum absolute atomic E-state index is 12.2. The second-order valence-electron chi connectivity index (χ2n) is 7.78. The average molecular weight is 520 g/mol. The van der Waals surface area contributed by atoms with Crippen molar-refractivity contribution in [1.29, 1.82) is 0 Å². The number of hydrogen-bond donors (Lipinski definition) is 3. The van der Waals surface area contributed by atoms with Gasteiger partial charge in [0.1, 0.15) is 5.82 Å². The fourth-order valence-corrected chi connectivity index (χ4v) is 4.04. The van der Waals surface area contributed by atoms with Gasteiger partial charge in [0.2, 0.25) is 5.95 Å². The third-order valence-corrected chi connectivity index (χ3v) is 6.15. The summed E-state index contributed by atoms with van der Waals surface area (Å²) in [6.45, 7) is 4.55. The Morgan fingerprint density at radius 1 is 1.09 bits per heavy atom. The van der Waals surface area contributed by atoms with E-state index >= 15 is 0 Å². The number of benzene rings is 2. The summed E-state index contributed by atoms with van der Waals surface area (Å²) in [5.41, 5.74) is 3.24. The van der Waals surface area contributed by atoms with Crippen LogP contribution in [0.5, 0.6) is 0 Å². The number of terminal acetylenes is 1. The molecule has 3 N–H and O–H groups in total. The molecule has 0 atom stereocenters. The van der Waals surface area contributed by atoms with E-state index in [9.17, 15) is 4.79 Å². The van der Waals surface area contributed by atoms with Gasteiger partial charge in [0, 0.05) is 50.8 Å². The first-order valence-corrected chi connectivity index (χ1v) is 11.7. The van der Waals surface area contributed by atoms with Crippen molar-refractivity contribution >= 4 is 50.7 Å². The number of halogens is 1. The van der Waals surface area contributed by atoms with E-state index in [1.165, 1.54) is 5.69 Å². The number of carbonyl (C=O) groups is 1. The highest BCUT2D eigenvalue weighted by atomic mass is 79.9. The molecule has 0 unspecified atom stereocenters. The molecule has 2 aromatic carbocycles. The Bertz CT molecular complexity index is 1180. The molecule has 4 rings (SSSR count). The largest absolute Gasteiger partial charge is 0.369 e. The number of anilines is 5. The Hall–Kier alpha value is -3.61. The van der Waals surface area contributed by atoms with Crippen LogP contribution in [0.25, 0.3) is 0 Å². The lowest BCUT2D eigenvalue weighted by Crippen LogP contribution is -2.46. The van der Waals surface area contributed by atoms with E-state index in [-0.39, 0.29) is 5.91 Å². The first-order chi connectivity index (χ1) is 16.6. The van der Waals surface area contributed by atoms with E-state index in [2.05, 4.69) is 69.7 Å². The SMILES string of the molecule is C#CCN1CCN(c2ccc(Nc3ncc(Br)c(Nc4ccccc4C(=O)NC)n3)cc2)CC1. The summed E-state index contributed by atoms with van der Waals surface area (Å²) in [5, 5.41) is 9.13. The molecule has 174 valence electrons. The predicted molar refractivity (Wildman–Crippen MR) is 140 cm³/mol. The Kier molecular flexibility index (Phi) is 7.62. The third-order valence-electron chi connectivity index (χ3n) is 5.57. The van der Waals surface area contributed by atoms with Crippen LogP contribution in [0.2, 0.25) is 0 Å². The van der Waals surface area contributed by atoms with E-state index < -0.39 is 0 Å². The number of amides is 1. The van der Waals surface area contributed by atoms with Gasteiger partial charge in [-0.25, -0.2) is 4.98 Å². The zero-order valence-electron chi connectivity index (χ0n) is 18.9. The minimum Gasteiger partial charge on any atom is -0.369 e. The molecule has 1 aromatic heterocycles. The minimum atomic E-state index is -0.177. The quantitative estimate of drug-likeness (QED) is 0.409. The van der Waals surface area contributed by atoms with Gasteiger partial charge in [-0.2, -0.15) is 4.98 Å². The molecular weight excluding hydrogens is 494 g/mol.